The molecule has 0 aromatic carbocycles. The lowest BCUT2D eigenvalue weighted by atomic mass is 10.0. The lowest BCUT2D eigenvalue weighted by Gasteiger charge is -2.21. The van der Waals surface area contributed by atoms with Crippen LogP contribution in [0.1, 0.15) is 316 Å². The van der Waals surface area contributed by atoms with Crippen LogP contribution in [0.3, 0.4) is 0 Å². The first-order chi connectivity index (χ1) is 47.2. The standard InChI is InChI=1S/C79H138O16P2/c1-4-7-10-13-16-19-22-25-28-30-32-33-34-35-36-37-38-39-41-43-45-47-50-53-56-59-62-65-77(82)89-68-74(80)69-91-96(85,86)92-70-75(81)71-93-97(87,88)94-73-76(95-79(84)67-64-61-58-55-52-49-44-27-24-21-18-15-12-9-6-3)72-90-78(83)66-63-60-57-54-51-48-46-42-40-31-29-26-23-20-17-14-11-8-5-2/h7-8,10-11,16-17,19-20,25-26,28-29,32-33,35-36,40,42,74-76,80-81H,4-6,9,12-15,18,21-24,27,30-31,34,37-39,41,43-73H2,1-3H3,(H,85,86)(H,87,88)/b10-7-,11-8-,19-16-,20-17-,28-25-,29-26-,33-32-,36-35-,42-40-. The average molecular weight is 1410 g/mol. The maximum absolute atomic E-state index is 13.0. The van der Waals surface area contributed by atoms with Gasteiger partial charge in [-0.15, -0.1) is 0 Å². The third-order valence-electron chi connectivity index (χ3n) is 16.0. The van der Waals surface area contributed by atoms with Crippen molar-refractivity contribution in [2.24, 2.45) is 0 Å². The lowest BCUT2D eigenvalue weighted by molar-refractivity contribution is -0.161. The molecule has 0 saturated carbocycles. The third kappa shape index (κ3) is 73.3. The second-order valence-corrected chi connectivity index (χ2v) is 28.3. The molecule has 0 fully saturated rings. The van der Waals surface area contributed by atoms with E-state index in [1.54, 1.807) is 0 Å². The predicted octanol–water partition coefficient (Wildman–Crippen LogP) is 22.0. The number of unbranched alkanes of at least 4 members (excludes halogenated alkanes) is 31. The number of ether oxygens (including phenoxy) is 3. The van der Waals surface area contributed by atoms with Gasteiger partial charge in [0.2, 0.25) is 0 Å². The van der Waals surface area contributed by atoms with Crippen molar-refractivity contribution in [1.29, 1.82) is 0 Å². The van der Waals surface area contributed by atoms with Crippen molar-refractivity contribution >= 4 is 33.6 Å². The van der Waals surface area contributed by atoms with Gasteiger partial charge in [0.1, 0.15) is 25.4 Å². The molecule has 0 bridgehead atoms. The van der Waals surface area contributed by atoms with Crippen LogP contribution in [0.15, 0.2) is 109 Å². The van der Waals surface area contributed by atoms with E-state index in [1.807, 2.05) is 0 Å². The topological polar surface area (TPSA) is 231 Å². The molecule has 0 radical (unpaired) electrons. The fourth-order valence-corrected chi connectivity index (χ4v) is 11.8. The fourth-order valence-electron chi connectivity index (χ4n) is 10.2. The van der Waals surface area contributed by atoms with Crippen LogP contribution in [0.2, 0.25) is 0 Å². The highest BCUT2D eigenvalue weighted by Crippen LogP contribution is 2.45. The summed E-state index contributed by atoms with van der Waals surface area (Å²) in [5.74, 6) is -1.58. The van der Waals surface area contributed by atoms with Gasteiger partial charge in [0.05, 0.1) is 26.4 Å². The number of esters is 3. The van der Waals surface area contributed by atoms with Crippen LogP contribution in [-0.2, 0) is 55.8 Å². The quantitative estimate of drug-likeness (QED) is 0.0146. The molecule has 5 atom stereocenters. The molecule has 0 saturated heterocycles. The molecule has 0 aliphatic rings. The van der Waals surface area contributed by atoms with Crippen LogP contribution in [0.5, 0.6) is 0 Å². The maximum atomic E-state index is 13.0. The minimum absolute atomic E-state index is 0.104. The fraction of sp³-hybridized carbons (Fsp3) is 0.734. The molecule has 0 aromatic rings. The van der Waals surface area contributed by atoms with Gasteiger partial charge in [-0.25, -0.2) is 9.13 Å². The molecule has 0 aliphatic carbocycles. The third-order valence-corrected chi connectivity index (χ3v) is 17.9. The number of hydrogen-bond acceptors (Lipinski definition) is 14. The highest BCUT2D eigenvalue weighted by molar-refractivity contribution is 7.47. The Bertz CT molecular complexity index is 2200. The molecule has 0 aliphatic heterocycles. The van der Waals surface area contributed by atoms with Crippen molar-refractivity contribution in [2.75, 3.05) is 39.6 Å². The Kier molecular flexibility index (Phi) is 69.2. The average Bonchev–Trinajstić information content (AvgIpc) is 1.86. The zero-order valence-electron chi connectivity index (χ0n) is 61.0. The Balaban J connectivity index is 4.55. The van der Waals surface area contributed by atoms with Gasteiger partial charge in [-0.1, -0.05) is 304 Å². The van der Waals surface area contributed by atoms with Gasteiger partial charge in [-0.2, -0.15) is 0 Å². The number of aliphatic hydroxyl groups excluding tert-OH is 2. The molecule has 0 rings (SSSR count). The summed E-state index contributed by atoms with van der Waals surface area (Å²) in [4.78, 5) is 58.6. The summed E-state index contributed by atoms with van der Waals surface area (Å²) < 4.78 is 61.1. The number of phosphoric ester groups is 2. The smallest absolute Gasteiger partial charge is 0.463 e. The van der Waals surface area contributed by atoms with Crippen molar-refractivity contribution in [3.63, 3.8) is 0 Å². The number of carbonyl (C=O) groups excluding carboxylic acids is 3. The largest absolute Gasteiger partial charge is 0.472 e. The Morgan fingerprint density at radius 1 is 0.299 bits per heavy atom. The highest BCUT2D eigenvalue weighted by atomic mass is 31.2. The van der Waals surface area contributed by atoms with Crippen molar-refractivity contribution in [3.05, 3.63) is 109 Å². The number of phosphoric acid groups is 2. The Hall–Kier alpha value is -3.79. The van der Waals surface area contributed by atoms with Crippen LogP contribution in [-0.4, -0.2) is 95.9 Å². The molecule has 4 N–H and O–H groups in total. The van der Waals surface area contributed by atoms with Gasteiger partial charge in [0.15, 0.2) is 6.10 Å². The van der Waals surface area contributed by atoms with E-state index in [0.717, 1.165) is 148 Å². The van der Waals surface area contributed by atoms with E-state index in [2.05, 4.69) is 130 Å². The second kappa shape index (κ2) is 72.0. The minimum Gasteiger partial charge on any atom is -0.463 e. The molecule has 18 heteroatoms. The van der Waals surface area contributed by atoms with Gasteiger partial charge in [0.25, 0.3) is 0 Å². The summed E-state index contributed by atoms with van der Waals surface area (Å²) >= 11 is 0. The number of hydrogen-bond donors (Lipinski definition) is 4. The normalized spacial score (nSPS) is 14.7. The molecule has 0 spiro atoms. The summed E-state index contributed by atoms with van der Waals surface area (Å²) in [6.45, 7) is 2.46. The predicted molar refractivity (Wildman–Crippen MR) is 399 cm³/mol. The zero-order valence-corrected chi connectivity index (χ0v) is 62.8. The Morgan fingerprint density at radius 3 is 0.866 bits per heavy atom. The Morgan fingerprint density at radius 2 is 0.546 bits per heavy atom. The first kappa shape index (κ1) is 93.2. The van der Waals surface area contributed by atoms with Crippen molar-refractivity contribution in [2.45, 2.75) is 334 Å². The molecule has 0 heterocycles. The van der Waals surface area contributed by atoms with E-state index in [-0.39, 0.29) is 19.3 Å². The summed E-state index contributed by atoms with van der Waals surface area (Å²) in [6.07, 6.45) is 82.7. The molecular weight excluding hydrogens is 1270 g/mol. The van der Waals surface area contributed by atoms with E-state index < -0.39 is 91.5 Å². The van der Waals surface area contributed by atoms with Crippen LogP contribution in [0, 0.1) is 0 Å². The molecular formula is C79H138O16P2. The Labute approximate surface area is 590 Å². The maximum Gasteiger partial charge on any atom is 0.472 e. The van der Waals surface area contributed by atoms with Crippen LogP contribution in [0.4, 0.5) is 0 Å². The van der Waals surface area contributed by atoms with Gasteiger partial charge in [-0.05, 0) is 103 Å². The van der Waals surface area contributed by atoms with E-state index in [0.29, 0.717) is 19.3 Å². The molecule has 16 nitrogen and oxygen atoms in total. The lowest BCUT2D eigenvalue weighted by Crippen LogP contribution is -2.30. The minimum atomic E-state index is -4.93. The summed E-state index contributed by atoms with van der Waals surface area (Å²) in [7, 11) is -9.78. The van der Waals surface area contributed by atoms with Gasteiger partial charge in [0, 0.05) is 19.3 Å². The summed E-state index contributed by atoms with van der Waals surface area (Å²) in [5, 5.41) is 20.6. The first-order valence-electron chi connectivity index (χ1n) is 38.2. The number of allylic oxidation sites excluding steroid dienone is 18. The van der Waals surface area contributed by atoms with Crippen LogP contribution >= 0.6 is 15.6 Å². The van der Waals surface area contributed by atoms with Crippen LogP contribution in [0.25, 0.3) is 0 Å². The van der Waals surface area contributed by atoms with Gasteiger partial charge >= 0.3 is 33.6 Å². The molecule has 560 valence electrons. The van der Waals surface area contributed by atoms with Crippen molar-refractivity contribution in [1.82, 2.24) is 0 Å². The summed E-state index contributed by atoms with van der Waals surface area (Å²) in [5.41, 5.74) is 0. The molecule has 0 aromatic heterocycles. The van der Waals surface area contributed by atoms with Gasteiger partial charge < -0.3 is 34.2 Å². The van der Waals surface area contributed by atoms with E-state index in [4.69, 9.17) is 32.3 Å². The number of rotatable bonds is 72. The van der Waals surface area contributed by atoms with E-state index in [1.165, 1.54) is 109 Å². The summed E-state index contributed by atoms with van der Waals surface area (Å²) in [6, 6.07) is 0. The first-order valence-corrected chi connectivity index (χ1v) is 41.2. The second-order valence-electron chi connectivity index (χ2n) is 25.4. The number of aliphatic hydroxyl groups is 2. The molecule has 0 amide bonds. The molecule has 5 unspecified atom stereocenters. The van der Waals surface area contributed by atoms with Crippen molar-refractivity contribution in [3.8, 4) is 0 Å². The van der Waals surface area contributed by atoms with Crippen LogP contribution < -0.4 is 0 Å². The monoisotopic (exact) mass is 1400 g/mol. The van der Waals surface area contributed by atoms with Gasteiger partial charge in [-0.3, -0.25) is 32.5 Å². The number of carbonyl (C=O) groups is 3. The van der Waals surface area contributed by atoms with E-state index in [9.17, 15) is 43.5 Å². The van der Waals surface area contributed by atoms with Crippen molar-refractivity contribution < 1.29 is 75.8 Å². The zero-order chi connectivity index (χ0) is 70.9. The SMILES string of the molecule is CC/C=C\C/C=C\C/C=C\C/C=C\C/C=C\CCCCCCCCCCCCCC(=O)OCC(O)COP(=O)(O)OCC(O)COP(=O)(O)OCC(COC(=O)CCCCCCCC/C=C\C/C=C\C/C=C\C/C=C\CC)OC(=O)CCCCCCCCCCCCCCCCC. The van der Waals surface area contributed by atoms with E-state index >= 15 is 0 Å². The molecule has 97 heavy (non-hydrogen) atoms. The highest BCUT2D eigenvalue weighted by Gasteiger charge is 2.29.